The van der Waals surface area contributed by atoms with Crippen molar-refractivity contribution in [2.75, 3.05) is 20.8 Å². The van der Waals surface area contributed by atoms with E-state index in [1.54, 1.807) is 20.3 Å². The number of hydrogen-bond donors (Lipinski definition) is 2. The van der Waals surface area contributed by atoms with Crippen LogP contribution in [0.5, 0.6) is 11.5 Å². The molecule has 0 unspecified atom stereocenters. The molecule has 7 heteroatoms. The fourth-order valence-electron chi connectivity index (χ4n) is 4.09. The van der Waals surface area contributed by atoms with Gasteiger partial charge in [0.2, 0.25) is 0 Å². The second kappa shape index (κ2) is 7.26. The summed E-state index contributed by atoms with van der Waals surface area (Å²) >= 11 is 0. The van der Waals surface area contributed by atoms with Gasteiger partial charge in [-0.2, -0.15) is 5.10 Å². The summed E-state index contributed by atoms with van der Waals surface area (Å²) in [5.74, 6) is 1.47. The monoisotopic (exact) mass is 402 g/mol. The zero-order valence-corrected chi connectivity index (χ0v) is 16.9. The van der Waals surface area contributed by atoms with E-state index in [2.05, 4.69) is 15.2 Å². The molecule has 0 atom stereocenters. The van der Waals surface area contributed by atoms with Gasteiger partial charge >= 0.3 is 0 Å². The van der Waals surface area contributed by atoms with Crippen molar-refractivity contribution in [1.82, 2.24) is 20.1 Å². The van der Waals surface area contributed by atoms with Crippen LogP contribution in [-0.4, -0.2) is 46.8 Å². The Bertz CT molecular complexity index is 1240. The second-order valence-corrected chi connectivity index (χ2v) is 7.34. The van der Waals surface area contributed by atoms with E-state index in [1.165, 1.54) is 5.69 Å². The fourth-order valence-corrected chi connectivity index (χ4v) is 4.09. The molecule has 152 valence electrons. The average molecular weight is 402 g/mol. The van der Waals surface area contributed by atoms with Crippen molar-refractivity contribution in [1.29, 1.82) is 0 Å². The van der Waals surface area contributed by atoms with E-state index in [1.807, 2.05) is 47.4 Å². The number of methoxy groups -OCH3 is 2. The number of carbonyl (C=O) groups excluding carboxylic acids is 1. The minimum absolute atomic E-state index is 0.0634. The lowest BCUT2D eigenvalue weighted by Gasteiger charge is -2.26. The molecule has 0 spiro atoms. The van der Waals surface area contributed by atoms with Crippen molar-refractivity contribution in [2.24, 2.45) is 0 Å². The number of fused-ring (bicyclic) bond motifs is 3. The number of rotatable bonds is 4. The molecule has 1 aliphatic rings. The van der Waals surface area contributed by atoms with Gasteiger partial charge in [-0.1, -0.05) is 12.1 Å². The highest BCUT2D eigenvalue weighted by molar-refractivity contribution is 5.94. The quantitative estimate of drug-likeness (QED) is 0.544. The summed E-state index contributed by atoms with van der Waals surface area (Å²) in [4.78, 5) is 18.5. The van der Waals surface area contributed by atoms with Crippen molar-refractivity contribution in [3.63, 3.8) is 0 Å². The van der Waals surface area contributed by atoms with Gasteiger partial charge in [-0.15, -0.1) is 0 Å². The number of nitrogens with one attached hydrogen (secondary N) is 2. The van der Waals surface area contributed by atoms with Crippen molar-refractivity contribution in [3.05, 3.63) is 65.5 Å². The first kappa shape index (κ1) is 18.3. The van der Waals surface area contributed by atoms with Gasteiger partial charge in [-0.25, -0.2) is 0 Å². The lowest BCUT2D eigenvalue weighted by Crippen LogP contribution is -2.36. The summed E-state index contributed by atoms with van der Waals surface area (Å²) < 4.78 is 10.8. The molecule has 0 bridgehead atoms. The van der Waals surface area contributed by atoms with E-state index in [-0.39, 0.29) is 5.91 Å². The predicted molar refractivity (Wildman–Crippen MR) is 114 cm³/mol. The first-order chi connectivity index (χ1) is 14.7. The maximum Gasteiger partial charge on any atom is 0.272 e. The third-order valence-electron chi connectivity index (χ3n) is 5.66. The number of ether oxygens (including phenoxy) is 2. The number of amides is 1. The molecule has 5 rings (SSSR count). The molecular weight excluding hydrogens is 380 g/mol. The van der Waals surface area contributed by atoms with Gasteiger partial charge in [0.15, 0.2) is 0 Å². The number of aromatic nitrogens is 3. The van der Waals surface area contributed by atoms with E-state index >= 15 is 0 Å². The molecule has 3 heterocycles. The zero-order chi connectivity index (χ0) is 20.7. The first-order valence-corrected chi connectivity index (χ1v) is 9.83. The lowest BCUT2D eigenvalue weighted by molar-refractivity contribution is 0.0729. The highest BCUT2D eigenvalue weighted by Gasteiger charge is 2.26. The minimum Gasteiger partial charge on any atom is -0.497 e. The van der Waals surface area contributed by atoms with Gasteiger partial charge in [-0.05, 0) is 36.4 Å². The average Bonchev–Trinajstić information content (AvgIpc) is 3.42. The Kier molecular flexibility index (Phi) is 4.43. The SMILES string of the molecule is COc1ccc2[nH]c3c(c2c1)CN(C(=O)c1cc(-c2ccccc2OC)n[nH]1)CC3. The summed E-state index contributed by atoms with van der Waals surface area (Å²) in [7, 11) is 3.28. The first-order valence-electron chi connectivity index (χ1n) is 9.83. The van der Waals surface area contributed by atoms with E-state index in [9.17, 15) is 4.79 Å². The molecule has 0 fully saturated rings. The van der Waals surface area contributed by atoms with Crippen LogP contribution < -0.4 is 9.47 Å². The molecule has 0 saturated heterocycles. The van der Waals surface area contributed by atoms with Crippen LogP contribution in [0.25, 0.3) is 22.2 Å². The number of H-pyrrole nitrogens is 2. The second-order valence-electron chi connectivity index (χ2n) is 7.34. The third-order valence-corrected chi connectivity index (χ3v) is 5.66. The van der Waals surface area contributed by atoms with Gasteiger partial charge in [0, 0.05) is 47.2 Å². The van der Waals surface area contributed by atoms with Crippen molar-refractivity contribution < 1.29 is 14.3 Å². The van der Waals surface area contributed by atoms with Crippen LogP contribution in [0.4, 0.5) is 0 Å². The fraction of sp³-hybridized carbons (Fsp3) is 0.217. The van der Waals surface area contributed by atoms with Crippen molar-refractivity contribution in [3.8, 4) is 22.8 Å². The summed E-state index contributed by atoms with van der Waals surface area (Å²) in [5, 5.41) is 8.34. The summed E-state index contributed by atoms with van der Waals surface area (Å²) in [6.45, 7) is 1.20. The van der Waals surface area contributed by atoms with Crippen molar-refractivity contribution in [2.45, 2.75) is 13.0 Å². The predicted octanol–water partition coefficient (Wildman–Crippen LogP) is 3.77. The Balaban J connectivity index is 1.43. The number of carbonyl (C=O) groups is 1. The number of hydrogen-bond acceptors (Lipinski definition) is 4. The van der Waals surface area contributed by atoms with Crippen LogP contribution in [0.2, 0.25) is 0 Å². The normalized spacial score (nSPS) is 13.3. The minimum atomic E-state index is -0.0634. The number of nitrogens with zero attached hydrogens (tertiary/aromatic N) is 2. The van der Waals surface area contributed by atoms with E-state index in [4.69, 9.17) is 9.47 Å². The summed E-state index contributed by atoms with van der Waals surface area (Å²) in [6, 6.07) is 15.4. The third kappa shape index (κ3) is 2.99. The molecular formula is C23H22N4O3. The number of para-hydroxylation sites is 1. The van der Waals surface area contributed by atoms with E-state index < -0.39 is 0 Å². The number of aromatic amines is 2. The maximum absolute atomic E-state index is 13.2. The number of benzene rings is 2. The molecule has 1 aliphatic heterocycles. The largest absolute Gasteiger partial charge is 0.497 e. The Labute approximate surface area is 173 Å². The van der Waals surface area contributed by atoms with Crippen LogP contribution in [0, 0.1) is 0 Å². The molecule has 7 nitrogen and oxygen atoms in total. The van der Waals surface area contributed by atoms with Gasteiger partial charge in [0.05, 0.1) is 19.9 Å². The van der Waals surface area contributed by atoms with Gasteiger partial charge in [-0.3, -0.25) is 9.89 Å². The molecule has 4 aromatic rings. The van der Waals surface area contributed by atoms with Gasteiger partial charge in [0.1, 0.15) is 17.2 Å². The molecule has 2 aromatic heterocycles. The zero-order valence-electron chi connectivity index (χ0n) is 16.9. The Hall–Kier alpha value is -3.74. The lowest BCUT2D eigenvalue weighted by atomic mass is 10.0. The molecule has 2 aromatic carbocycles. The molecule has 1 amide bonds. The van der Waals surface area contributed by atoms with Crippen LogP contribution >= 0.6 is 0 Å². The van der Waals surface area contributed by atoms with Crippen LogP contribution in [0.15, 0.2) is 48.5 Å². The molecule has 2 N–H and O–H groups in total. The van der Waals surface area contributed by atoms with Crippen LogP contribution in [-0.2, 0) is 13.0 Å². The maximum atomic E-state index is 13.2. The summed E-state index contributed by atoms with van der Waals surface area (Å²) in [5.41, 5.74) is 5.40. The summed E-state index contributed by atoms with van der Waals surface area (Å²) in [6.07, 6.45) is 0.783. The van der Waals surface area contributed by atoms with Crippen molar-refractivity contribution >= 4 is 16.8 Å². The molecule has 0 radical (unpaired) electrons. The van der Waals surface area contributed by atoms with Gasteiger partial charge in [0.25, 0.3) is 5.91 Å². The highest BCUT2D eigenvalue weighted by Crippen LogP contribution is 2.32. The van der Waals surface area contributed by atoms with E-state index in [0.29, 0.717) is 24.5 Å². The van der Waals surface area contributed by atoms with Gasteiger partial charge < -0.3 is 19.4 Å². The Morgan fingerprint density at radius 1 is 1.10 bits per heavy atom. The van der Waals surface area contributed by atoms with E-state index in [0.717, 1.165) is 39.9 Å². The molecule has 30 heavy (non-hydrogen) atoms. The smallest absolute Gasteiger partial charge is 0.272 e. The molecule has 0 saturated carbocycles. The Morgan fingerprint density at radius 3 is 2.80 bits per heavy atom. The topological polar surface area (TPSA) is 83.2 Å². The highest BCUT2D eigenvalue weighted by atomic mass is 16.5. The standard InChI is InChI=1S/C23H22N4O3/c1-29-14-7-8-18-16(11-14)17-13-27(10-9-19(17)24-18)23(28)21-12-20(25-26-21)15-5-3-4-6-22(15)30-2/h3-8,11-12,24H,9-10,13H2,1-2H3,(H,25,26). The van der Waals surface area contributed by atoms with Crippen LogP contribution in [0.3, 0.4) is 0 Å². The van der Waals surface area contributed by atoms with Crippen LogP contribution in [0.1, 0.15) is 21.7 Å². The Morgan fingerprint density at radius 2 is 1.97 bits per heavy atom. The molecule has 0 aliphatic carbocycles.